The van der Waals surface area contributed by atoms with Crippen molar-refractivity contribution in [2.24, 2.45) is 0 Å². The predicted octanol–water partition coefficient (Wildman–Crippen LogP) is 2.46. The van der Waals surface area contributed by atoms with Crippen molar-refractivity contribution in [1.29, 1.82) is 0 Å². The van der Waals surface area contributed by atoms with Crippen molar-refractivity contribution in [1.82, 2.24) is 10.5 Å². The lowest BCUT2D eigenvalue weighted by Gasteiger charge is -2.17. The van der Waals surface area contributed by atoms with E-state index in [0.717, 1.165) is 10.0 Å². The Kier molecular flexibility index (Phi) is 5.92. The monoisotopic (exact) mass is 379 g/mol. The molecule has 0 saturated heterocycles. The van der Waals surface area contributed by atoms with Crippen LogP contribution < -0.4 is 10.2 Å². The van der Waals surface area contributed by atoms with Crippen molar-refractivity contribution >= 4 is 33.6 Å². The van der Waals surface area contributed by atoms with Crippen LogP contribution >= 0.6 is 15.9 Å². The van der Waals surface area contributed by atoms with Crippen molar-refractivity contribution in [2.45, 2.75) is 20.3 Å². The summed E-state index contributed by atoms with van der Waals surface area (Å²) in [5.74, 6) is 0.828. The maximum absolute atomic E-state index is 12.0. The second-order valence-corrected chi connectivity index (χ2v) is 5.94. The summed E-state index contributed by atoms with van der Waals surface area (Å²) in [5.41, 5.74) is 0.917. The average molecular weight is 380 g/mol. The molecular weight excluding hydrogens is 362 g/mol. The molecule has 1 aromatic heterocycles. The van der Waals surface area contributed by atoms with Crippen LogP contribution in [0.3, 0.4) is 0 Å². The van der Waals surface area contributed by atoms with Gasteiger partial charge in [-0.1, -0.05) is 39.3 Å². The third-order valence-electron chi connectivity index (χ3n) is 3.24. The molecule has 0 aliphatic carbocycles. The molecule has 0 bridgehead atoms. The summed E-state index contributed by atoms with van der Waals surface area (Å²) < 4.78 is 5.88. The number of anilines is 1. The van der Waals surface area contributed by atoms with Gasteiger partial charge in [-0.15, -0.1) is 0 Å². The van der Waals surface area contributed by atoms with Gasteiger partial charge in [0.25, 0.3) is 0 Å². The van der Waals surface area contributed by atoms with E-state index in [1.165, 1.54) is 11.8 Å². The number of aryl methyl sites for hydroxylation is 1. The molecule has 6 nitrogen and oxygen atoms in total. The Hall–Kier alpha value is -2.15. The molecule has 1 N–H and O–H groups in total. The largest absolute Gasteiger partial charge is 0.360 e. The van der Waals surface area contributed by atoms with Crippen molar-refractivity contribution in [3.8, 4) is 0 Å². The first-order valence-electron chi connectivity index (χ1n) is 7.19. The second-order valence-electron chi connectivity index (χ2n) is 5.08. The summed E-state index contributed by atoms with van der Waals surface area (Å²) in [7, 11) is 0. The Labute approximate surface area is 143 Å². The Balaban J connectivity index is 1.86. The first kappa shape index (κ1) is 17.2. The molecule has 23 heavy (non-hydrogen) atoms. The van der Waals surface area contributed by atoms with Crippen LogP contribution in [0.1, 0.15) is 18.2 Å². The molecule has 1 heterocycles. The van der Waals surface area contributed by atoms with E-state index < -0.39 is 0 Å². The highest BCUT2D eigenvalue weighted by Gasteiger charge is 2.15. The molecule has 0 spiro atoms. The quantitative estimate of drug-likeness (QED) is 0.836. The standard InChI is InChI=1S/C16H18BrN3O3/c1-11-9-15(19-23-11)20(12(2)21)8-7-18-16(22)10-13-5-3-4-6-14(13)17/h3-6,9H,7-8,10H2,1-2H3,(H,18,22). The van der Waals surface area contributed by atoms with Gasteiger partial charge < -0.3 is 9.84 Å². The fourth-order valence-corrected chi connectivity index (χ4v) is 2.52. The molecule has 122 valence electrons. The number of rotatable bonds is 6. The molecule has 0 saturated carbocycles. The summed E-state index contributed by atoms with van der Waals surface area (Å²) in [6.45, 7) is 3.89. The van der Waals surface area contributed by atoms with E-state index in [2.05, 4.69) is 26.4 Å². The highest BCUT2D eigenvalue weighted by molar-refractivity contribution is 9.10. The Morgan fingerprint density at radius 1 is 1.35 bits per heavy atom. The number of hydrogen-bond acceptors (Lipinski definition) is 4. The first-order valence-corrected chi connectivity index (χ1v) is 7.98. The number of nitrogens with zero attached hydrogens (tertiary/aromatic N) is 2. The zero-order chi connectivity index (χ0) is 16.8. The summed E-state index contributed by atoms with van der Waals surface area (Å²) in [6, 6.07) is 9.26. The minimum Gasteiger partial charge on any atom is -0.360 e. The van der Waals surface area contributed by atoms with E-state index in [4.69, 9.17) is 4.52 Å². The molecule has 0 atom stereocenters. The number of aromatic nitrogens is 1. The van der Waals surface area contributed by atoms with E-state index in [1.807, 2.05) is 24.3 Å². The third kappa shape index (κ3) is 4.92. The van der Waals surface area contributed by atoms with Gasteiger partial charge in [0.05, 0.1) is 6.42 Å². The number of hydrogen-bond donors (Lipinski definition) is 1. The van der Waals surface area contributed by atoms with Gasteiger partial charge in [-0.3, -0.25) is 14.5 Å². The van der Waals surface area contributed by atoms with Crippen LogP contribution in [0.15, 0.2) is 39.3 Å². The molecule has 0 fully saturated rings. The van der Waals surface area contributed by atoms with Gasteiger partial charge in [-0.2, -0.15) is 0 Å². The van der Waals surface area contributed by atoms with E-state index in [9.17, 15) is 9.59 Å². The topological polar surface area (TPSA) is 75.4 Å². The smallest absolute Gasteiger partial charge is 0.225 e. The summed E-state index contributed by atoms with van der Waals surface area (Å²) in [5, 5.41) is 6.63. The summed E-state index contributed by atoms with van der Waals surface area (Å²) in [6.07, 6.45) is 0.282. The number of carbonyl (C=O) groups is 2. The van der Waals surface area contributed by atoms with Crippen LogP contribution in [0, 0.1) is 6.92 Å². The van der Waals surface area contributed by atoms with Gasteiger partial charge in [0.15, 0.2) is 5.82 Å². The van der Waals surface area contributed by atoms with Crippen LogP contribution in [-0.2, 0) is 16.0 Å². The van der Waals surface area contributed by atoms with Crippen molar-refractivity contribution in [3.63, 3.8) is 0 Å². The van der Waals surface area contributed by atoms with Crippen LogP contribution in [0.2, 0.25) is 0 Å². The molecule has 0 aliphatic rings. The van der Waals surface area contributed by atoms with Crippen LogP contribution in [0.4, 0.5) is 5.82 Å². The van der Waals surface area contributed by atoms with Crippen LogP contribution in [0.5, 0.6) is 0 Å². The van der Waals surface area contributed by atoms with Crippen molar-refractivity contribution < 1.29 is 14.1 Å². The van der Waals surface area contributed by atoms with E-state index in [0.29, 0.717) is 24.7 Å². The Morgan fingerprint density at radius 3 is 2.70 bits per heavy atom. The zero-order valence-electron chi connectivity index (χ0n) is 13.0. The van der Waals surface area contributed by atoms with E-state index in [-0.39, 0.29) is 18.2 Å². The van der Waals surface area contributed by atoms with Crippen molar-refractivity contribution in [2.75, 3.05) is 18.0 Å². The normalized spacial score (nSPS) is 10.4. The molecule has 0 unspecified atom stereocenters. The SMILES string of the molecule is CC(=O)N(CCNC(=O)Cc1ccccc1Br)c1cc(C)on1. The molecule has 7 heteroatoms. The minimum atomic E-state index is -0.154. The molecule has 2 rings (SSSR count). The Bertz CT molecular complexity index is 699. The maximum atomic E-state index is 12.0. The van der Waals surface area contributed by atoms with Gasteiger partial charge in [-0.25, -0.2) is 0 Å². The zero-order valence-corrected chi connectivity index (χ0v) is 14.6. The molecule has 0 radical (unpaired) electrons. The van der Waals surface area contributed by atoms with Gasteiger partial charge >= 0.3 is 0 Å². The number of halogens is 1. The van der Waals surface area contributed by atoms with Gasteiger partial charge in [-0.05, 0) is 18.6 Å². The fraction of sp³-hybridized carbons (Fsp3) is 0.312. The first-order chi connectivity index (χ1) is 11.0. The minimum absolute atomic E-state index is 0.100. The van der Waals surface area contributed by atoms with E-state index in [1.54, 1.807) is 13.0 Å². The maximum Gasteiger partial charge on any atom is 0.225 e. The van der Waals surface area contributed by atoms with Gasteiger partial charge in [0.2, 0.25) is 11.8 Å². The number of carbonyl (C=O) groups excluding carboxylic acids is 2. The average Bonchev–Trinajstić information content (AvgIpc) is 2.92. The Morgan fingerprint density at radius 2 is 2.09 bits per heavy atom. The van der Waals surface area contributed by atoms with Crippen molar-refractivity contribution in [3.05, 3.63) is 46.1 Å². The molecule has 2 amide bonds. The summed E-state index contributed by atoms with van der Waals surface area (Å²) in [4.78, 5) is 25.1. The second kappa shape index (κ2) is 7.92. The van der Waals surface area contributed by atoms with Crippen LogP contribution in [0.25, 0.3) is 0 Å². The van der Waals surface area contributed by atoms with Crippen LogP contribution in [-0.4, -0.2) is 30.1 Å². The predicted molar refractivity (Wildman–Crippen MR) is 90.1 cm³/mol. The van der Waals surface area contributed by atoms with Gasteiger partial charge in [0.1, 0.15) is 5.76 Å². The highest BCUT2D eigenvalue weighted by atomic mass is 79.9. The fourth-order valence-electron chi connectivity index (χ4n) is 2.10. The van der Waals surface area contributed by atoms with E-state index >= 15 is 0 Å². The molecule has 0 aliphatic heterocycles. The number of amides is 2. The highest BCUT2D eigenvalue weighted by Crippen LogP contribution is 2.16. The summed E-state index contributed by atoms with van der Waals surface area (Å²) >= 11 is 3.42. The lowest BCUT2D eigenvalue weighted by Crippen LogP contribution is -2.38. The lowest BCUT2D eigenvalue weighted by atomic mass is 10.1. The van der Waals surface area contributed by atoms with Gasteiger partial charge in [0, 0.05) is 30.6 Å². The third-order valence-corrected chi connectivity index (χ3v) is 4.01. The molecule has 2 aromatic rings. The molecule has 1 aromatic carbocycles. The molecular formula is C16H18BrN3O3. The number of nitrogens with one attached hydrogen (secondary N) is 1. The number of benzene rings is 1. The lowest BCUT2D eigenvalue weighted by molar-refractivity contribution is -0.121.